The summed E-state index contributed by atoms with van der Waals surface area (Å²) in [6.45, 7) is 6.86. The Morgan fingerprint density at radius 1 is 0.407 bits per heavy atom. The second-order valence-electron chi connectivity index (χ2n) is 26.4. The van der Waals surface area contributed by atoms with E-state index >= 15 is 0 Å². The van der Waals surface area contributed by atoms with Crippen LogP contribution in [0.4, 0.5) is 0 Å². The number of hydrogen-bond donors (Lipinski definition) is 1. The average molecular weight is 1230 g/mol. The highest BCUT2D eigenvalue weighted by atomic mass is 31.2. The number of nitrogens with zero attached hydrogens (tertiary/aromatic N) is 1. The van der Waals surface area contributed by atoms with E-state index in [9.17, 15) is 19.0 Å². The zero-order chi connectivity index (χ0) is 62.8. The second kappa shape index (κ2) is 65.7. The Kier molecular flexibility index (Phi) is 63.9. The molecule has 0 spiro atoms. The quantitative estimate of drug-likeness (QED) is 0.0212. The van der Waals surface area contributed by atoms with Crippen molar-refractivity contribution in [2.45, 2.75) is 373 Å². The Morgan fingerprint density at radius 2 is 0.709 bits per heavy atom. The highest BCUT2D eigenvalue weighted by Gasteiger charge is 2.27. The van der Waals surface area contributed by atoms with E-state index in [0.29, 0.717) is 17.4 Å². The maximum Gasteiger partial charge on any atom is 0.306 e. The lowest BCUT2D eigenvalue weighted by Gasteiger charge is -2.30. The van der Waals surface area contributed by atoms with E-state index in [2.05, 4.69) is 74.7 Å². The molecule has 0 saturated carbocycles. The van der Waals surface area contributed by atoms with E-state index in [1.807, 2.05) is 33.3 Å². The standard InChI is InChI=1S/C76H143N2O7P/c1-7-10-13-16-19-22-25-28-30-32-34-36-38-39-41-43-45-47-49-51-54-57-60-63-66-69-76(80)85-74(67-64-61-58-55-52-27-24-21-18-15-12-9-3)73(72-84-86(81,82)83-71-70-78(4,5)6)77-75(79)68-65-62-59-56-53-50-48-46-44-42-40-37-35-33-31-29-26-23-20-17-14-11-8-2/h19,22,28-31,34,36,64,67,73-74H,7-18,20-21,23-27,32-33,35,37-63,65-66,68-72H2,1-6H3,(H-,77,79,81,82)/b22-19-,30-28-,31-29+,36-34-,67-64+. The zero-order valence-electron chi connectivity index (χ0n) is 57.8. The van der Waals surface area contributed by atoms with Gasteiger partial charge in [-0.2, -0.15) is 0 Å². The lowest BCUT2D eigenvalue weighted by atomic mass is 10.0. The summed E-state index contributed by atoms with van der Waals surface area (Å²) in [7, 11) is 1.19. The SMILES string of the molecule is CCCCC/C=C\C/C=C\C/C=C\CCCCCCCCCCCCCCC(=O)OC(/C=C/CCCCCCCCCCCC)C(COP(=O)([O-])OCC[N+](C)(C)C)NC(=O)CCCCCCCCCCCCCCC/C=C/CCCCCCCC. The van der Waals surface area contributed by atoms with Gasteiger partial charge < -0.3 is 28.5 Å². The molecule has 0 rings (SSSR count). The molecule has 1 N–H and O–H groups in total. The van der Waals surface area contributed by atoms with Crippen LogP contribution >= 0.6 is 7.82 Å². The van der Waals surface area contributed by atoms with Crippen LogP contribution in [0.15, 0.2) is 60.8 Å². The van der Waals surface area contributed by atoms with Crippen LogP contribution in [0.2, 0.25) is 0 Å². The number of nitrogens with one attached hydrogen (secondary N) is 1. The van der Waals surface area contributed by atoms with Gasteiger partial charge in [-0.05, 0) is 96.0 Å². The molecule has 0 fully saturated rings. The molecule has 3 unspecified atom stereocenters. The van der Waals surface area contributed by atoms with Crippen molar-refractivity contribution in [3.05, 3.63) is 60.8 Å². The third-order valence-corrected chi connectivity index (χ3v) is 17.6. The van der Waals surface area contributed by atoms with Crippen molar-refractivity contribution in [2.24, 2.45) is 0 Å². The minimum atomic E-state index is -4.71. The number of phosphoric acid groups is 1. The van der Waals surface area contributed by atoms with Crippen molar-refractivity contribution in [1.29, 1.82) is 0 Å². The minimum Gasteiger partial charge on any atom is -0.756 e. The first-order valence-corrected chi connectivity index (χ1v) is 38.6. The Hall–Kier alpha value is -2.29. The van der Waals surface area contributed by atoms with Gasteiger partial charge in [-0.1, -0.05) is 313 Å². The number of likely N-dealkylation sites (N-methyl/N-ethyl adjacent to an activating group) is 1. The molecule has 0 bridgehead atoms. The summed E-state index contributed by atoms with van der Waals surface area (Å²) in [5.41, 5.74) is 0. The number of hydrogen-bond acceptors (Lipinski definition) is 7. The highest BCUT2D eigenvalue weighted by molar-refractivity contribution is 7.45. The predicted octanol–water partition coefficient (Wildman–Crippen LogP) is 23.1. The average Bonchev–Trinajstić information content (AvgIpc) is 3.65. The van der Waals surface area contributed by atoms with Crippen LogP contribution in [0.1, 0.15) is 361 Å². The van der Waals surface area contributed by atoms with Crippen LogP contribution in [0.25, 0.3) is 0 Å². The van der Waals surface area contributed by atoms with E-state index in [1.165, 1.54) is 257 Å². The normalized spacial score (nSPS) is 13.8. The number of unbranched alkanes of at least 4 members (excludes halogenated alkanes) is 44. The van der Waals surface area contributed by atoms with Gasteiger partial charge in [0.2, 0.25) is 5.91 Å². The Bertz CT molecular complexity index is 1650. The van der Waals surface area contributed by atoms with Crippen LogP contribution in [0.3, 0.4) is 0 Å². The van der Waals surface area contributed by atoms with Gasteiger partial charge in [0.05, 0.1) is 33.8 Å². The number of rotatable bonds is 68. The first-order valence-electron chi connectivity index (χ1n) is 37.1. The summed E-state index contributed by atoms with van der Waals surface area (Å²) >= 11 is 0. The second-order valence-corrected chi connectivity index (χ2v) is 27.9. The third-order valence-electron chi connectivity index (χ3n) is 16.7. The van der Waals surface area contributed by atoms with Gasteiger partial charge in [0, 0.05) is 12.8 Å². The predicted molar refractivity (Wildman–Crippen MR) is 372 cm³/mol. The lowest BCUT2D eigenvalue weighted by molar-refractivity contribution is -0.870. The molecule has 3 atom stereocenters. The van der Waals surface area contributed by atoms with Crippen LogP contribution in [-0.4, -0.2) is 69.4 Å². The van der Waals surface area contributed by atoms with Crippen molar-refractivity contribution in [2.75, 3.05) is 40.9 Å². The van der Waals surface area contributed by atoms with Crippen LogP contribution in [0, 0.1) is 0 Å². The van der Waals surface area contributed by atoms with Crippen molar-refractivity contribution >= 4 is 19.7 Å². The zero-order valence-corrected chi connectivity index (χ0v) is 58.7. The molecule has 0 aliphatic heterocycles. The van der Waals surface area contributed by atoms with E-state index in [4.69, 9.17) is 13.8 Å². The number of phosphoric ester groups is 1. The van der Waals surface area contributed by atoms with Gasteiger partial charge >= 0.3 is 5.97 Å². The number of quaternary nitrogens is 1. The Morgan fingerprint density at radius 3 is 1.09 bits per heavy atom. The molecule has 504 valence electrons. The van der Waals surface area contributed by atoms with Crippen molar-refractivity contribution in [1.82, 2.24) is 5.32 Å². The van der Waals surface area contributed by atoms with Gasteiger partial charge in [0.15, 0.2) is 0 Å². The molecule has 0 aromatic heterocycles. The maximum absolute atomic E-state index is 13.6. The third kappa shape index (κ3) is 66.1. The Balaban J connectivity index is 5.01. The van der Waals surface area contributed by atoms with Gasteiger partial charge in [-0.25, -0.2) is 0 Å². The monoisotopic (exact) mass is 1230 g/mol. The first-order chi connectivity index (χ1) is 41.9. The topological polar surface area (TPSA) is 114 Å². The van der Waals surface area contributed by atoms with E-state index in [0.717, 1.165) is 70.6 Å². The molecule has 86 heavy (non-hydrogen) atoms. The van der Waals surface area contributed by atoms with Gasteiger partial charge in [-0.15, -0.1) is 0 Å². The van der Waals surface area contributed by atoms with Gasteiger partial charge in [-0.3, -0.25) is 14.2 Å². The molecule has 0 aromatic carbocycles. The number of allylic oxidation sites excluding steroid dienone is 9. The molecule has 10 heteroatoms. The number of ether oxygens (including phenoxy) is 1. The van der Waals surface area contributed by atoms with Crippen molar-refractivity contribution in [3.8, 4) is 0 Å². The van der Waals surface area contributed by atoms with E-state index in [1.54, 1.807) is 0 Å². The van der Waals surface area contributed by atoms with Crippen LogP contribution in [-0.2, 0) is 27.9 Å². The fraction of sp³-hybridized carbons (Fsp3) is 0.842. The molecule has 0 saturated heterocycles. The molecular weight excluding hydrogens is 1080 g/mol. The molecule has 0 aliphatic carbocycles. The fourth-order valence-electron chi connectivity index (χ4n) is 10.9. The molecule has 9 nitrogen and oxygen atoms in total. The van der Waals surface area contributed by atoms with Crippen LogP contribution < -0.4 is 10.2 Å². The molecule has 0 radical (unpaired) electrons. The summed E-state index contributed by atoms with van der Waals surface area (Å²) in [6.07, 6.45) is 84.9. The summed E-state index contributed by atoms with van der Waals surface area (Å²) < 4.78 is 30.5. The summed E-state index contributed by atoms with van der Waals surface area (Å²) in [6, 6.07) is -0.890. The fourth-order valence-corrected chi connectivity index (χ4v) is 11.7. The van der Waals surface area contributed by atoms with Gasteiger partial charge in [0.1, 0.15) is 19.3 Å². The number of amides is 1. The van der Waals surface area contributed by atoms with Crippen LogP contribution in [0.5, 0.6) is 0 Å². The summed E-state index contributed by atoms with van der Waals surface area (Å²) in [5, 5.41) is 3.05. The van der Waals surface area contributed by atoms with Gasteiger partial charge in [0.25, 0.3) is 7.82 Å². The van der Waals surface area contributed by atoms with E-state index in [-0.39, 0.29) is 31.5 Å². The summed E-state index contributed by atoms with van der Waals surface area (Å²) in [4.78, 5) is 40.2. The molecule has 0 aromatic rings. The van der Waals surface area contributed by atoms with Crippen molar-refractivity contribution in [3.63, 3.8) is 0 Å². The maximum atomic E-state index is 13.6. The first kappa shape index (κ1) is 83.7. The number of esters is 1. The molecule has 1 amide bonds. The Labute approximate surface area is 534 Å². The number of carbonyl (C=O) groups excluding carboxylic acids is 2. The minimum absolute atomic E-state index is 0.0220. The smallest absolute Gasteiger partial charge is 0.306 e. The molecular formula is C76H143N2O7P. The lowest BCUT2D eigenvalue weighted by Crippen LogP contribution is -2.47. The largest absolute Gasteiger partial charge is 0.756 e. The molecule has 0 heterocycles. The number of carbonyl (C=O) groups is 2. The van der Waals surface area contributed by atoms with Crippen molar-refractivity contribution < 1.29 is 37.3 Å². The molecule has 0 aliphatic rings. The highest BCUT2D eigenvalue weighted by Crippen LogP contribution is 2.38. The summed E-state index contributed by atoms with van der Waals surface area (Å²) in [5.74, 6) is -0.529. The van der Waals surface area contributed by atoms with E-state index < -0.39 is 20.0 Å².